The van der Waals surface area contributed by atoms with Crippen LogP contribution in [0.15, 0.2) is 24.3 Å². The third-order valence-electron chi connectivity index (χ3n) is 2.81. The van der Waals surface area contributed by atoms with Gasteiger partial charge in [-0.15, -0.1) is 0 Å². The molecule has 0 radical (unpaired) electrons. The van der Waals surface area contributed by atoms with E-state index in [1.807, 2.05) is 20.8 Å². The lowest BCUT2D eigenvalue weighted by molar-refractivity contribution is -0.138. The highest BCUT2D eigenvalue weighted by Gasteiger charge is 2.32. The van der Waals surface area contributed by atoms with Crippen LogP contribution in [0.25, 0.3) is 0 Å². The third kappa shape index (κ3) is 6.62. The van der Waals surface area contributed by atoms with Crippen molar-refractivity contribution in [2.75, 3.05) is 6.54 Å². The van der Waals surface area contributed by atoms with E-state index >= 15 is 0 Å². The molecular formula is C15H21F3N2O. The van der Waals surface area contributed by atoms with Gasteiger partial charge in [0.25, 0.3) is 0 Å². The van der Waals surface area contributed by atoms with Crippen LogP contribution in [-0.4, -0.2) is 18.0 Å². The molecule has 6 heteroatoms. The molecule has 0 aliphatic carbocycles. The minimum atomic E-state index is -4.41. The van der Waals surface area contributed by atoms with Gasteiger partial charge in [-0.05, 0) is 32.4 Å². The molecule has 0 aliphatic rings. The molecule has 0 heterocycles. The molecule has 0 aromatic heterocycles. The van der Waals surface area contributed by atoms with Gasteiger partial charge in [0.05, 0.1) is 5.56 Å². The Morgan fingerprint density at radius 1 is 1.14 bits per heavy atom. The van der Waals surface area contributed by atoms with E-state index in [0.717, 1.165) is 6.07 Å². The second-order valence-corrected chi connectivity index (χ2v) is 5.86. The summed E-state index contributed by atoms with van der Waals surface area (Å²) >= 11 is 0. The largest absolute Gasteiger partial charge is 0.416 e. The zero-order chi connectivity index (χ0) is 16.1. The van der Waals surface area contributed by atoms with Crippen molar-refractivity contribution in [2.45, 2.75) is 45.5 Å². The molecule has 0 aliphatic heterocycles. The van der Waals surface area contributed by atoms with Crippen molar-refractivity contribution >= 4 is 5.91 Å². The van der Waals surface area contributed by atoms with Crippen molar-refractivity contribution in [1.82, 2.24) is 10.6 Å². The van der Waals surface area contributed by atoms with Gasteiger partial charge in [-0.25, -0.2) is 0 Å². The molecule has 0 atom stereocenters. The first-order valence-electron chi connectivity index (χ1n) is 6.76. The molecule has 2 N–H and O–H groups in total. The summed E-state index contributed by atoms with van der Waals surface area (Å²) in [5.74, 6) is -0.274. The molecule has 1 aromatic rings. The van der Waals surface area contributed by atoms with Gasteiger partial charge in [0.2, 0.25) is 5.91 Å². The Hall–Kier alpha value is -1.56. The van der Waals surface area contributed by atoms with Crippen LogP contribution in [0.3, 0.4) is 0 Å². The first-order chi connectivity index (χ1) is 9.59. The molecule has 0 spiro atoms. The number of amides is 1. The van der Waals surface area contributed by atoms with Crippen LogP contribution < -0.4 is 10.6 Å². The molecule has 3 nitrogen and oxygen atoms in total. The lowest BCUT2D eigenvalue weighted by atomic mass is 10.1. The number of carbonyl (C=O) groups excluding carboxylic acids is 1. The van der Waals surface area contributed by atoms with Gasteiger partial charge < -0.3 is 10.6 Å². The predicted molar refractivity (Wildman–Crippen MR) is 75.7 cm³/mol. The molecule has 0 unspecified atom stereocenters. The van der Waals surface area contributed by atoms with Crippen molar-refractivity contribution in [3.63, 3.8) is 0 Å². The predicted octanol–water partition coefficient (Wildman–Crippen LogP) is 3.10. The van der Waals surface area contributed by atoms with Crippen LogP contribution in [0.2, 0.25) is 0 Å². The van der Waals surface area contributed by atoms with Crippen LogP contribution in [0.4, 0.5) is 13.2 Å². The third-order valence-corrected chi connectivity index (χ3v) is 2.81. The summed E-state index contributed by atoms with van der Waals surface area (Å²) in [6.45, 7) is 6.29. The van der Waals surface area contributed by atoms with Crippen LogP contribution in [-0.2, 0) is 17.5 Å². The molecule has 0 saturated carbocycles. The molecule has 0 bridgehead atoms. The van der Waals surface area contributed by atoms with Crippen LogP contribution >= 0.6 is 0 Å². The maximum atomic E-state index is 12.8. The van der Waals surface area contributed by atoms with Gasteiger partial charge in [-0.1, -0.05) is 18.2 Å². The maximum Gasteiger partial charge on any atom is 0.416 e. The number of nitrogens with one attached hydrogen (secondary N) is 2. The SMILES string of the molecule is CC(C)(C)NCCC(=O)NCc1ccccc1C(F)(F)F. The van der Waals surface area contributed by atoms with Crippen molar-refractivity contribution in [3.05, 3.63) is 35.4 Å². The number of alkyl halides is 3. The fourth-order valence-corrected chi connectivity index (χ4v) is 1.78. The highest BCUT2D eigenvalue weighted by atomic mass is 19.4. The van der Waals surface area contributed by atoms with Crippen molar-refractivity contribution in [2.24, 2.45) is 0 Å². The number of hydrogen-bond acceptors (Lipinski definition) is 2. The summed E-state index contributed by atoms with van der Waals surface area (Å²) < 4.78 is 38.4. The molecular weight excluding hydrogens is 281 g/mol. The molecule has 0 saturated heterocycles. The summed E-state index contributed by atoms with van der Waals surface area (Å²) in [7, 11) is 0. The Labute approximate surface area is 122 Å². The fourth-order valence-electron chi connectivity index (χ4n) is 1.78. The second kappa shape index (κ2) is 6.93. The Bertz CT molecular complexity index is 479. The average molecular weight is 302 g/mol. The monoisotopic (exact) mass is 302 g/mol. The lowest BCUT2D eigenvalue weighted by Crippen LogP contribution is -2.38. The standard InChI is InChI=1S/C15H21F3N2O/c1-14(2,3)20-9-8-13(21)19-10-11-6-4-5-7-12(11)15(16,17)18/h4-7,20H,8-10H2,1-3H3,(H,19,21). The van der Waals surface area contributed by atoms with E-state index < -0.39 is 11.7 Å². The first kappa shape index (κ1) is 17.5. The van der Waals surface area contributed by atoms with Gasteiger partial charge >= 0.3 is 6.18 Å². The van der Waals surface area contributed by atoms with Crippen LogP contribution in [0.5, 0.6) is 0 Å². The summed E-state index contributed by atoms with van der Waals surface area (Å²) in [6, 6.07) is 5.25. The molecule has 21 heavy (non-hydrogen) atoms. The number of hydrogen-bond donors (Lipinski definition) is 2. The minimum absolute atomic E-state index is 0.0714. The molecule has 0 fully saturated rings. The van der Waals surface area contributed by atoms with E-state index in [0.29, 0.717) is 6.54 Å². The summed E-state index contributed by atoms with van der Waals surface area (Å²) in [4.78, 5) is 11.6. The highest BCUT2D eigenvalue weighted by Crippen LogP contribution is 2.31. The lowest BCUT2D eigenvalue weighted by Gasteiger charge is -2.20. The molecule has 1 aromatic carbocycles. The van der Waals surface area contributed by atoms with Crippen molar-refractivity contribution in [3.8, 4) is 0 Å². The molecule has 1 rings (SSSR count). The number of halogens is 3. The van der Waals surface area contributed by atoms with Gasteiger partial charge in [-0.3, -0.25) is 4.79 Å². The summed E-state index contributed by atoms with van der Waals surface area (Å²) in [6.07, 6.45) is -4.18. The second-order valence-electron chi connectivity index (χ2n) is 5.86. The van der Waals surface area contributed by atoms with Gasteiger partial charge in [0, 0.05) is 25.0 Å². The van der Waals surface area contributed by atoms with E-state index in [1.165, 1.54) is 18.2 Å². The van der Waals surface area contributed by atoms with Gasteiger partial charge in [-0.2, -0.15) is 13.2 Å². The Morgan fingerprint density at radius 3 is 2.33 bits per heavy atom. The summed E-state index contributed by atoms with van der Waals surface area (Å²) in [5, 5.41) is 5.66. The van der Waals surface area contributed by atoms with Crippen molar-refractivity contribution in [1.29, 1.82) is 0 Å². The fraction of sp³-hybridized carbons (Fsp3) is 0.533. The quantitative estimate of drug-likeness (QED) is 0.877. The maximum absolute atomic E-state index is 12.8. The van der Waals surface area contributed by atoms with Crippen LogP contribution in [0, 0.1) is 0 Å². The van der Waals surface area contributed by atoms with Crippen LogP contribution in [0.1, 0.15) is 38.3 Å². The smallest absolute Gasteiger partial charge is 0.352 e. The number of rotatable bonds is 5. The average Bonchev–Trinajstić information content (AvgIpc) is 2.34. The number of carbonyl (C=O) groups is 1. The normalized spacial score (nSPS) is 12.3. The zero-order valence-electron chi connectivity index (χ0n) is 12.5. The highest BCUT2D eigenvalue weighted by molar-refractivity contribution is 5.76. The van der Waals surface area contributed by atoms with Gasteiger partial charge in [0.1, 0.15) is 0 Å². The minimum Gasteiger partial charge on any atom is -0.352 e. The van der Waals surface area contributed by atoms with E-state index in [4.69, 9.17) is 0 Å². The van der Waals surface area contributed by atoms with Crippen molar-refractivity contribution < 1.29 is 18.0 Å². The molecule has 1 amide bonds. The Kier molecular flexibility index (Phi) is 5.78. The number of benzene rings is 1. The summed E-state index contributed by atoms with van der Waals surface area (Å²) in [5.41, 5.74) is -0.733. The van der Waals surface area contributed by atoms with E-state index in [2.05, 4.69) is 10.6 Å². The van der Waals surface area contributed by atoms with E-state index in [-0.39, 0.29) is 30.0 Å². The van der Waals surface area contributed by atoms with E-state index in [9.17, 15) is 18.0 Å². The topological polar surface area (TPSA) is 41.1 Å². The first-order valence-corrected chi connectivity index (χ1v) is 6.76. The van der Waals surface area contributed by atoms with Gasteiger partial charge in [0.15, 0.2) is 0 Å². The Morgan fingerprint density at radius 2 is 1.76 bits per heavy atom. The Balaban J connectivity index is 2.51. The van der Waals surface area contributed by atoms with E-state index in [1.54, 1.807) is 0 Å². The molecule has 118 valence electrons. The zero-order valence-corrected chi connectivity index (χ0v) is 12.5.